The van der Waals surface area contributed by atoms with Crippen LogP contribution in [0.5, 0.6) is 0 Å². The molecule has 0 atom stereocenters. The molecule has 0 aliphatic heterocycles. The predicted molar refractivity (Wildman–Crippen MR) is 42.7 cm³/mol. The van der Waals surface area contributed by atoms with Crippen LogP contribution in [0.3, 0.4) is 0 Å². The van der Waals surface area contributed by atoms with Gasteiger partial charge in [0.15, 0.2) is 0 Å². The van der Waals surface area contributed by atoms with Gasteiger partial charge in [0.05, 0.1) is 5.70 Å². The van der Waals surface area contributed by atoms with E-state index in [1.54, 1.807) is 6.08 Å². The van der Waals surface area contributed by atoms with Gasteiger partial charge in [-0.25, -0.2) is 0 Å². The van der Waals surface area contributed by atoms with Crippen molar-refractivity contribution in [3.63, 3.8) is 0 Å². The van der Waals surface area contributed by atoms with Crippen molar-refractivity contribution < 1.29 is 0 Å². The highest BCUT2D eigenvalue weighted by molar-refractivity contribution is 5.61. The highest BCUT2D eigenvalue weighted by atomic mass is 14.7. The van der Waals surface area contributed by atoms with Crippen LogP contribution in [0, 0.1) is 5.92 Å². The van der Waals surface area contributed by atoms with E-state index in [-0.39, 0.29) is 0 Å². The number of allylic oxidation sites excluding steroid dienone is 1. The molecule has 0 spiro atoms. The summed E-state index contributed by atoms with van der Waals surface area (Å²) in [5, 5.41) is 0. The van der Waals surface area contributed by atoms with Gasteiger partial charge in [0.2, 0.25) is 0 Å². The van der Waals surface area contributed by atoms with Gasteiger partial charge in [0.25, 0.3) is 0 Å². The summed E-state index contributed by atoms with van der Waals surface area (Å²) < 4.78 is 0. The molecule has 0 unspecified atom stereocenters. The van der Waals surface area contributed by atoms with Gasteiger partial charge in [-0.15, -0.1) is 0 Å². The van der Waals surface area contributed by atoms with Crippen LogP contribution in [0.25, 0.3) is 0 Å². The molecule has 50 valence electrons. The second-order valence-corrected chi connectivity index (χ2v) is 2.22. The van der Waals surface area contributed by atoms with E-state index in [4.69, 9.17) is 0 Å². The molecule has 0 heterocycles. The molecule has 0 aromatic carbocycles. The minimum atomic E-state index is 0.488. The Bertz CT molecular complexity index is 132. The third-order valence-electron chi connectivity index (χ3n) is 0.774. The molecule has 0 N–H and O–H groups in total. The Balaban J connectivity index is 3.70. The number of aliphatic imine (C=N–C) groups is 1. The van der Waals surface area contributed by atoms with Crippen LogP contribution in [0.1, 0.15) is 13.8 Å². The van der Waals surface area contributed by atoms with Gasteiger partial charge < -0.3 is 0 Å². The fraction of sp³-hybridized carbons (Fsp3) is 0.375. The fourth-order valence-corrected chi connectivity index (χ4v) is 0.298. The van der Waals surface area contributed by atoms with Gasteiger partial charge in [-0.05, 0) is 12.0 Å². The molecule has 0 fully saturated rings. The molecule has 0 amide bonds. The van der Waals surface area contributed by atoms with Gasteiger partial charge in [-0.2, -0.15) is 0 Å². The molecular formula is C8H13N. The van der Waals surface area contributed by atoms with Crippen molar-refractivity contribution in [2.45, 2.75) is 13.8 Å². The Kier molecular flexibility index (Phi) is 3.69. The van der Waals surface area contributed by atoms with Crippen LogP contribution in [0.4, 0.5) is 0 Å². The van der Waals surface area contributed by atoms with E-state index in [1.807, 2.05) is 6.21 Å². The lowest BCUT2D eigenvalue weighted by molar-refractivity contribution is 0.906. The minimum Gasteiger partial charge on any atom is -0.262 e. The van der Waals surface area contributed by atoms with Gasteiger partial charge in [-0.3, -0.25) is 4.99 Å². The lowest BCUT2D eigenvalue weighted by atomic mass is 10.2. The Morgan fingerprint density at radius 2 is 2.11 bits per heavy atom. The smallest absolute Gasteiger partial charge is 0.0548 e. The van der Waals surface area contributed by atoms with Crippen molar-refractivity contribution >= 4 is 6.21 Å². The quantitative estimate of drug-likeness (QED) is 0.403. The third kappa shape index (κ3) is 5.01. The summed E-state index contributed by atoms with van der Waals surface area (Å²) in [5.41, 5.74) is 0.726. The third-order valence-corrected chi connectivity index (χ3v) is 0.774. The van der Waals surface area contributed by atoms with E-state index in [0.717, 1.165) is 5.70 Å². The molecule has 0 aromatic heterocycles. The maximum Gasteiger partial charge on any atom is 0.0548 e. The van der Waals surface area contributed by atoms with Gasteiger partial charge in [-0.1, -0.05) is 27.0 Å². The molecule has 0 aromatic rings. The maximum absolute atomic E-state index is 4.00. The Morgan fingerprint density at radius 3 is 2.44 bits per heavy atom. The first-order chi connectivity index (χ1) is 4.16. The molecular weight excluding hydrogens is 110 g/mol. The average Bonchev–Trinajstić information content (AvgIpc) is 1.83. The first-order valence-electron chi connectivity index (χ1n) is 3.02. The molecule has 1 nitrogen and oxygen atoms in total. The largest absolute Gasteiger partial charge is 0.262 e. The summed E-state index contributed by atoms with van der Waals surface area (Å²) in [4.78, 5) is 4.00. The molecule has 9 heavy (non-hydrogen) atoms. The zero-order chi connectivity index (χ0) is 7.28. The van der Waals surface area contributed by atoms with E-state index in [9.17, 15) is 0 Å². The van der Waals surface area contributed by atoms with Crippen LogP contribution < -0.4 is 0 Å². The SMILES string of the molecule is C=CC(=C)N=CC(C)C. The van der Waals surface area contributed by atoms with Crippen LogP contribution >= 0.6 is 0 Å². The molecule has 0 rings (SSSR count). The summed E-state index contributed by atoms with van der Waals surface area (Å²) in [7, 11) is 0. The summed E-state index contributed by atoms with van der Waals surface area (Å²) in [6.07, 6.45) is 3.49. The van der Waals surface area contributed by atoms with E-state index in [2.05, 4.69) is 32.0 Å². The summed E-state index contributed by atoms with van der Waals surface area (Å²) in [5.74, 6) is 0.488. The summed E-state index contributed by atoms with van der Waals surface area (Å²) in [6, 6.07) is 0. The Morgan fingerprint density at radius 1 is 1.56 bits per heavy atom. The summed E-state index contributed by atoms with van der Waals surface area (Å²) >= 11 is 0. The van der Waals surface area contributed by atoms with Crippen LogP contribution in [-0.2, 0) is 0 Å². The predicted octanol–water partition coefficient (Wildman–Crippen LogP) is 2.41. The number of hydrogen-bond donors (Lipinski definition) is 0. The van der Waals surface area contributed by atoms with E-state index >= 15 is 0 Å². The number of rotatable bonds is 3. The zero-order valence-corrected chi connectivity index (χ0v) is 6.09. The van der Waals surface area contributed by atoms with Gasteiger partial charge >= 0.3 is 0 Å². The molecule has 1 heteroatoms. The normalized spacial score (nSPS) is 10.6. The lowest BCUT2D eigenvalue weighted by Crippen LogP contribution is -1.86. The Hall–Kier alpha value is -0.850. The molecule has 0 radical (unpaired) electrons. The fourth-order valence-electron chi connectivity index (χ4n) is 0.298. The standard InChI is InChI=1S/C8H13N/c1-5-8(4)9-6-7(2)3/h5-7H,1,4H2,2-3H3. The van der Waals surface area contributed by atoms with Crippen LogP contribution in [0.2, 0.25) is 0 Å². The van der Waals surface area contributed by atoms with Gasteiger partial charge in [0.1, 0.15) is 0 Å². The first-order valence-corrected chi connectivity index (χ1v) is 3.02. The monoisotopic (exact) mass is 123 g/mol. The van der Waals surface area contributed by atoms with E-state index in [1.165, 1.54) is 0 Å². The second-order valence-electron chi connectivity index (χ2n) is 2.22. The molecule has 0 saturated carbocycles. The van der Waals surface area contributed by atoms with Gasteiger partial charge in [0, 0.05) is 6.21 Å². The van der Waals surface area contributed by atoms with Crippen molar-refractivity contribution in [2.75, 3.05) is 0 Å². The number of hydrogen-bond acceptors (Lipinski definition) is 1. The Labute approximate surface area is 56.8 Å². The summed E-state index contributed by atoms with van der Waals surface area (Å²) in [6.45, 7) is 11.3. The maximum atomic E-state index is 4.00. The lowest BCUT2D eigenvalue weighted by Gasteiger charge is -1.91. The highest BCUT2D eigenvalue weighted by Gasteiger charge is 1.83. The minimum absolute atomic E-state index is 0.488. The van der Waals surface area contributed by atoms with Crippen LogP contribution in [0.15, 0.2) is 29.9 Å². The van der Waals surface area contributed by atoms with E-state index in [0.29, 0.717) is 5.92 Å². The first kappa shape index (κ1) is 8.15. The number of nitrogens with zero attached hydrogens (tertiary/aromatic N) is 1. The molecule has 0 aliphatic rings. The molecule has 0 aliphatic carbocycles. The topological polar surface area (TPSA) is 12.4 Å². The highest BCUT2D eigenvalue weighted by Crippen LogP contribution is 1.93. The zero-order valence-electron chi connectivity index (χ0n) is 6.09. The van der Waals surface area contributed by atoms with Crippen LogP contribution in [-0.4, -0.2) is 6.21 Å². The average molecular weight is 123 g/mol. The van der Waals surface area contributed by atoms with Crippen molar-refractivity contribution in [1.29, 1.82) is 0 Å². The molecule has 0 bridgehead atoms. The second kappa shape index (κ2) is 4.07. The van der Waals surface area contributed by atoms with Crippen molar-refractivity contribution in [1.82, 2.24) is 0 Å². The molecule has 0 saturated heterocycles. The van der Waals surface area contributed by atoms with Crippen molar-refractivity contribution in [2.24, 2.45) is 10.9 Å². The van der Waals surface area contributed by atoms with E-state index < -0.39 is 0 Å². The van der Waals surface area contributed by atoms with Crippen molar-refractivity contribution in [3.8, 4) is 0 Å². The van der Waals surface area contributed by atoms with Crippen molar-refractivity contribution in [3.05, 3.63) is 24.9 Å².